The van der Waals surface area contributed by atoms with Crippen LogP contribution in [-0.4, -0.2) is 46.7 Å². The molecular formula is C21H25N5O4S. The van der Waals surface area contributed by atoms with Gasteiger partial charge in [-0.2, -0.15) is 4.31 Å². The molecule has 3 aromatic rings. The predicted octanol–water partition coefficient (Wildman–Crippen LogP) is 1.70. The smallest absolute Gasteiger partial charge is 0.278 e. The number of fused-ring (bicyclic) bond motifs is 1. The summed E-state index contributed by atoms with van der Waals surface area (Å²) in [4.78, 5) is 25.1. The van der Waals surface area contributed by atoms with Crippen LogP contribution >= 0.6 is 0 Å². The highest BCUT2D eigenvalue weighted by Crippen LogP contribution is 2.19. The van der Waals surface area contributed by atoms with Crippen LogP contribution in [0.5, 0.6) is 0 Å². The second-order valence-corrected chi connectivity index (χ2v) is 8.95. The van der Waals surface area contributed by atoms with Gasteiger partial charge in [-0.1, -0.05) is 43.3 Å². The minimum atomic E-state index is -3.54. The third-order valence-corrected chi connectivity index (χ3v) is 7.09. The molecule has 1 aromatic heterocycles. The first-order valence-electron chi connectivity index (χ1n) is 10.00. The zero-order valence-electron chi connectivity index (χ0n) is 17.6. The molecule has 0 aliphatic heterocycles. The maximum Gasteiger partial charge on any atom is 0.278 e. The molecule has 0 saturated carbocycles. The van der Waals surface area contributed by atoms with E-state index in [9.17, 15) is 18.0 Å². The molecule has 0 aliphatic carbocycles. The van der Waals surface area contributed by atoms with E-state index in [0.717, 1.165) is 10.2 Å². The van der Waals surface area contributed by atoms with Crippen molar-refractivity contribution in [3.63, 3.8) is 0 Å². The van der Waals surface area contributed by atoms with Crippen LogP contribution in [0.25, 0.3) is 10.9 Å². The van der Waals surface area contributed by atoms with Crippen molar-refractivity contribution in [1.29, 1.82) is 0 Å². The quantitative estimate of drug-likeness (QED) is 0.567. The van der Waals surface area contributed by atoms with Gasteiger partial charge in [-0.15, -0.1) is 5.10 Å². The van der Waals surface area contributed by atoms with Crippen LogP contribution in [0.1, 0.15) is 32.4 Å². The van der Waals surface area contributed by atoms with Crippen LogP contribution in [0.15, 0.2) is 58.2 Å². The van der Waals surface area contributed by atoms with E-state index in [0.29, 0.717) is 24.0 Å². The van der Waals surface area contributed by atoms with Crippen LogP contribution < -0.4 is 10.9 Å². The lowest BCUT2D eigenvalue weighted by Gasteiger charge is -2.19. The fourth-order valence-electron chi connectivity index (χ4n) is 3.27. The Morgan fingerprint density at radius 3 is 2.39 bits per heavy atom. The molecule has 9 nitrogen and oxygen atoms in total. The van der Waals surface area contributed by atoms with Gasteiger partial charge in [0, 0.05) is 13.1 Å². The van der Waals surface area contributed by atoms with Crippen LogP contribution in [0.3, 0.4) is 0 Å². The highest BCUT2D eigenvalue weighted by molar-refractivity contribution is 7.89. The molecule has 1 heterocycles. The summed E-state index contributed by atoms with van der Waals surface area (Å²) < 4.78 is 27.6. The number of aromatic nitrogens is 3. The van der Waals surface area contributed by atoms with Gasteiger partial charge in [0.15, 0.2) is 0 Å². The average Bonchev–Trinajstić information content (AvgIpc) is 2.76. The number of nitrogens with one attached hydrogen (secondary N) is 1. The van der Waals surface area contributed by atoms with E-state index in [4.69, 9.17) is 0 Å². The summed E-state index contributed by atoms with van der Waals surface area (Å²) in [6, 6.07) is 12.8. The van der Waals surface area contributed by atoms with Crippen molar-refractivity contribution < 1.29 is 13.2 Å². The zero-order chi connectivity index (χ0) is 22.6. The third-order valence-electron chi connectivity index (χ3n) is 5.02. The van der Waals surface area contributed by atoms with E-state index in [1.165, 1.54) is 16.4 Å². The molecule has 0 saturated heterocycles. The monoisotopic (exact) mass is 443 g/mol. The first-order valence-corrected chi connectivity index (χ1v) is 11.4. The van der Waals surface area contributed by atoms with Crippen LogP contribution in [-0.2, 0) is 21.4 Å². The highest BCUT2D eigenvalue weighted by Gasteiger charge is 2.22. The number of carbonyl (C=O) groups is 1. The number of sulfonamides is 1. The summed E-state index contributed by atoms with van der Waals surface area (Å²) in [5, 5.41) is 11.0. The van der Waals surface area contributed by atoms with Crippen LogP contribution in [0.4, 0.5) is 0 Å². The molecule has 1 amide bonds. The maximum atomic E-state index is 12.6. The second kappa shape index (κ2) is 9.36. The van der Waals surface area contributed by atoms with Gasteiger partial charge in [0.05, 0.1) is 16.3 Å². The summed E-state index contributed by atoms with van der Waals surface area (Å²) in [5.41, 5.74) is 0.820. The van der Waals surface area contributed by atoms with Gasteiger partial charge in [0.25, 0.3) is 5.56 Å². The van der Waals surface area contributed by atoms with Gasteiger partial charge in [-0.3, -0.25) is 9.59 Å². The van der Waals surface area contributed by atoms with Crippen molar-refractivity contribution in [1.82, 2.24) is 24.6 Å². The van der Waals surface area contributed by atoms with Crippen molar-refractivity contribution in [2.75, 3.05) is 13.1 Å². The third kappa shape index (κ3) is 4.80. The normalized spacial score (nSPS) is 12.8. The predicted molar refractivity (Wildman–Crippen MR) is 117 cm³/mol. The Bertz CT molecular complexity index is 1230. The lowest BCUT2D eigenvalue weighted by atomic mass is 10.1. The minimum absolute atomic E-state index is 0.205. The molecule has 0 bridgehead atoms. The molecule has 0 spiro atoms. The Morgan fingerprint density at radius 1 is 1.10 bits per heavy atom. The Kier molecular flexibility index (Phi) is 6.81. The van der Waals surface area contributed by atoms with Gasteiger partial charge in [0.2, 0.25) is 15.9 Å². The van der Waals surface area contributed by atoms with E-state index in [1.54, 1.807) is 57.2 Å². The lowest BCUT2D eigenvalue weighted by molar-refractivity contribution is -0.122. The maximum absolute atomic E-state index is 12.6. The van der Waals surface area contributed by atoms with E-state index in [2.05, 4.69) is 15.6 Å². The number of hydrogen-bond acceptors (Lipinski definition) is 6. The fraction of sp³-hybridized carbons (Fsp3) is 0.333. The molecule has 0 unspecified atom stereocenters. The van der Waals surface area contributed by atoms with Gasteiger partial charge in [-0.05, 0) is 36.8 Å². The van der Waals surface area contributed by atoms with Crippen molar-refractivity contribution in [3.8, 4) is 0 Å². The summed E-state index contributed by atoms with van der Waals surface area (Å²) in [5.74, 6) is -0.404. The summed E-state index contributed by atoms with van der Waals surface area (Å²) >= 11 is 0. The summed E-state index contributed by atoms with van der Waals surface area (Å²) in [7, 11) is -3.54. The molecular weight excluding hydrogens is 418 g/mol. The topological polar surface area (TPSA) is 114 Å². The Labute approximate surface area is 180 Å². The molecule has 1 atom stereocenters. The molecule has 31 heavy (non-hydrogen) atoms. The molecule has 2 aromatic carbocycles. The van der Waals surface area contributed by atoms with Gasteiger partial charge in [-0.25, -0.2) is 13.1 Å². The van der Waals surface area contributed by atoms with Crippen molar-refractivity contribution in [2.45, 2.75) is 38.3 Å². The molecule has 0 radical (unpaired) electrons. The Hall–Kier alpha value is -3.11. The van der Waals surface area contributed by atoms with Crippen LogP contribution in [0.2, 0.25) is 0 Å². The number of benzene rings is 2. The standard InChI is InChI=1S/C21H25N5O4S/c1-4-25(5-2)31(29,30)17-12-10-16(11-13-17)15(3)22-20(27)14-26-21(28)18-8-6-7-9-19(18)23-24-26/h6-13,15H,4-5,14H2,1-3H3,(H,22,27)/t15-/m0/s1. The van der Waals surface area contributed by atoms with Gasteiger partial charge < -0.3 is 5.32 Å². The molecule has 10 heteroatoms. The SMILES string of the molecule is CCN(CC)S(=O)(=O)c1ccc([C@H](C)NC(=O)Cn2nnc3ccccc3c2=O)cc1. The molecule has 1 N–H and O–H groups in total. The van der Waals surface area contributed by atoms with Gasteiger partial charge >= 0.3 is 0 Å². The molecule has 0 aliphatic rings. The van der Waals surface area contributed by atoms with E-state index in [1.807, 2.05) is 0 Å². The number of carbonyl (C=O) groups excluding carboxylic acids is 1. The fourth-order valence-corrected chi connectivity index (χ4v) is 4.73. The molecule has 0 fully saturated rings. The van der Waals surface area contributed by atoms with E-state index < -0.39 is 15.9 Å². The van der Waals surface area contributed by atoms with Gasteiger partial charge in [0.1, 0.15) is 12.1 Å². The van der Waals surface area contributed by atoms with Crippen LogP contribution in [0, 0.1) is 0 Å². The number of nitrogens with zero attached hydrogens (tertiary/aromatic N) is 4. The number of rotatable bonds is 8. The Morgan fingerprint density at radius 2 is 1.74 bits per heavy atom. The lowest BCUT2D eigenvalue weighted by Crippen LogP contribution is -2.35. The first-order chi connectivity index (χ1) is 14.8. The highest BCUT2D eigenvalue weighted by atomic mass is 32.2. The summed E-state index contributed by atoms with van der Waals surface area (Å²) in [6.07, 6.45) is 0. The first kappa shape index (κ1) is 22.6. The Balaban J connectivity index is 1.70. The minimum Gasteiger partial charge on any atom is -0.348 e. The number of amides is 1. The van der Waals surface area contributed by atoms with Crippen molar-refractivity contribution >= 4 is 26.8 Å². The zero-order valence-corrected chi connectivity index (χ0v) is 18.5. The molecule has 164 valence electrons. The van der Waals surface area contributed by atoms with E-state index >= 15 is 0 Å². The van der Waals surface area contributed by atoms with Crippen molar-refractivity contribution in [2.24, 2.45) is 0 Å². The molecule has 3 rings (SSSR count). The van der Waals surface area contributed by atoms with E-state index in [-0.39, 0.29) is 23.0 Å². The number of hydrogen-bond donors (Lipinski definition) is 1. The van der Waals surface area contributed by atoms with Crippen molar-refractivity contribution in [3.05, 3.63) is 64.4 Å². The average molecular weight is 444 g/mol. The summed E-state index contributed by atoms with van der Waals surface area (Å²) in [6.45, 7) is 5.88. The largest absolute Gasteiger partial charge is 0.348 e. The second-order valence-electron chi connectivity index (χ2n) is 7.02.